The molecule has 22 heavy (non-hydrogen) atoms. The van der Waals surface area contributed by atoms with E-state index in [1.54, 1.807) is 0 Å². The van der Waals surface area contributed by atoms with Gasteiger partial charge in [0.25, 0.3) is 0 Å². The van der Waals surface area contributed by atoms with Gasteiger partial charge in [0.1, 0.15) is 5.82 Å². The van der Waals surface area contributed by atoms with Gasteiger partial charge in [-0.2, -0.15) is 13.2 Å². The molecule has 2 aromatic rings. The van der Waals surface area contributed by atoms with Gasteiger partial charge >= 0.3 is 6.18 Å². The molecule has 0 saturated heterocycles. The number of rotatable bonds is 1. The lowest BCUT2D eigenvalue weighted by molar-refractivity contribution is -0.140. The number of hydrogen-bond donors (Lipinski definition) is 1. The molecule has 0 aliphatic heterocycles. The van der Waals surface area contributed by atoms with Gasteiger partial charge < -0.3 is 5.73 Å². The summed E-state index contributed by atoms with van der Waals surface area (Å²) >= 11 is 29.5. The van der Waals surface area contributed by atoms with Crippen LogP contribution in [0, 0.1) is 0 Å². The molecule has 118 valence electrons. The zero-order valence-corrected chi connectivity index (χ0v) is 14.0. The number of hydrogen-bond acceptors (Lipinski definition) is 2. The highest BCUT2D eigenvalue weighted by Gasteiger charge is 2.37. The Balaban J connectivity index is 2.90. The van der Waals surface area contributed by atoms with Gasteiger partial charge in [-0.25, -0.2) is 4.98 Å². The lowest BCUT2D eigenvalue weighted by atomic mass is 10.0. The maximum Gasteiger partial charge on any atom is 0.434 e. The van der Waals surface area contributed by atoms with Crippen molar-refractivity contribution in [2.24, 2.45) is 0 Å². The number of halogens is 8. The minimum Gasteiger partial charge on any atom is -0.384 e. The standard InChI is InChI=1S/C12H4Cl5F3N2/c13-6-5(7(14)9(16)10(17)8(6)15)3-1-2-4(21)22-11(3)12(18,19)20/h1-2H,(H2,21,22). The molecule has 0 bridgehead atoms. The fraction of sp³-hybridized carbons (Fsp3) is 0.0833. The molecule has 1 heterocycles. The molecule has 10 heteroatoms. The Kier molecular flexibility index (Phi) is 4.95. The zero-order valence-electron chi connectivity index (χ0n) is 10.2. The van der Waals surface area contributed by atoms with E-state index in [0.717, 1.165) is 6.07 Å². The lowest BCUT2D eigenvalue weighted by Gasteiger charge is -2.17. The quantitative estimate of drug-likeness (QED) is 0.424. The Hall–Kier alpha value is -0.590. The van der Waals surface area contributed by atoms with E-state index in [0.29, 0.717) is 0 Å². The van der Waals surface area contributed by atoms with Crippen molar-refractivity contribution >= 4 is 63.8 Å². The van der Waals surface area contributed by atoms with Crippen LogP contribution in [0.15, 0.2) is 12.1 Å². The predicted octanol–water partition coefficient (Wildman–Crippen LogP) is 6.62. The van der Waals surface area contributed by atoms with E-state index in [4.69, 9.17) is 63.7 Å². The molecule has 0 saturated carbocycles. The molecule has 1 aromatic heterocycles. The van der Waals surface area contributed by atoms with E-state index in [1.165, 1.54) is 6.07 Å². The van der Waals surface area contributed by atoms with E-state index in [-0.39, 0.29) is 36.5 Å². The number of nitrogens with two attached hydrogens (primary N) is 1. The van der Waals surface area contributed by atoms with Crippen LogP contribution in [0.2, 0.25) is 25.1 Å². The first-order valence-corrected chi connectivity index (χ1v) is 7.30. The van der Waals surface area contributed by atoms with Gasteiger partial charge in [0.05, 0.1) is 25.1 Å². The molecule has 0 aliphatic carbocycles. The topological polar surface area (TPSA) is 38.9 Å². The number of nitrogen functional groups attached to an aromatic ring is 1. The van der Waals surface area contributed by atoms with Gasteiger partial charge in [-0.05, 0) is 12.1 Å². The van der Waals surface area contributed by atoms with Crippen molar-refractivity contribution in [3.8, 4) is 11.1 Å². The second-order valence-corrected chi connectivity index (χ2v) is 5.96. The molecule has 1 aromatic carbocycles. The predicted molar refractivity (Wildman–Crippen MR) is 84.1 cm³/mol. The number of pyridine rings is 1. The lowest BCUT2D eigenvalue weighted by Crippen LogP contribution is -2.12. The van der Waals surface area contributed by atoms with E-state index in [1.807, 2.05) is 0 Å². The minimum absolute atomic E-state index is 0.154. The van der Waals surface area contributed by atoms with E-state index in [2.05, 4.69) is 4.98 Å². The second-order valence-electron chi connectivity index (χ2n) is 4.07. The highest BCUT2D eigenvalue weighted by atomic mass is 35.5. The Morgan fingerprint density at radius 2 is 1.27 bits per heavy atom. The first-order chi connectivity index (χ1) is 10.1. The van der Waals surface area contributed by atoms with Crippen molar-refractivity contribution in [2.75, 3.05) is 5.73 Å². The van der Waals surface area contributed by atoms with Crippen LogP contribution in [-0.2, 0) is 6.18 Å². The third-order valence-corrected chi connectivity index (χ3v) is 4.94. The first-order valence-electron chi connectivity index (χ1n) is 5.41. The van der Waals surface area contributed by atoms with Crippen LogP contribution in [0.5, 0.6) is 0 Å². The molecule has 0 radical (unpaired) electrons. The molecule has 0 spiro atoms. The molecular weight excluding hydrogens is 406 g/mol. The summed E-state index contributed by atoms with van der Waals surface area (Å²) in [6.07, 6.45) is -4.78. The first kappa shape index (κ1) is 17.8. The van der Waals surface area contributed by atoms with E-state index in [9.17, 15) is 13.2 Å². The summed E-state index contributed by atoms with van der Waals surface area (Å²) in [6, 6.07) is 2.26. The fourth-order valence-corrected chi connectivity index (χ4v) is 3.08. The largest absolute Gasteiger partial charge is 0.434 e. The van der Waals surface area contributed by atoms with Crippen LogP contribution < -0.4 is 5.73 Å². The van der Waals surface area contributed by atoms with Crippen molar-refractivity contribution < 1.29 is 13.2 Å². The number of aromatic nitrogens is 1. The Labute approximate surface area is 147 Å². The van der Waals surface area contributed by atoms with Gasteiger partial charge in [-0.3, -0.25) is 0 Å². The summed E-state index contributed by atoms with van der Waals surface area (Å²) in [5.74, 6) is -0.311. The highest BCUT2D eigenvalue weighted by Crippen LogP contribution is 2.50. The molecule has 0 aliphatic rings. The van der Waals surface area contributed by atoms with Crippen LogP contribution in [0.1, 0.15) is 5.69 Å². The van der Waals surface area contributed by atoms with Crippen molar-refractivity contribution in [1.82, 2.24) is 4.98 Å². The molecule has 0 unspecified atom stereocenters. The average Bonchev–Trinajstić information content (AvgIpc) is 2.43. The van der Waals surface area contributed by atoms with Crippen LogP contribution in [0.25, 0.3) is 11.1 Å². The highest BCUT2D eigenvalue weighted by molar-refractivity contribution is 6.56. The summed E-state index contributed by atoms with van der Waals surface area (Å²) in [5.41, 5.74) is 3.43. The number of anilines is 1. The Bertz CT molecular complexity index is 732. The van der Waals surface area contributed by atoms with Crippen LogP contribution >= 0.6 is 58.0 Å². The van der Waals surface area contributed by atoms with Gasteiger partial charge in [-0.15, -0.1) is 0 Å². The van der Waals surface area contributed by atoms with E-state index < -0.39 is 17.4 Å². The number of benzene rings is 1. The van der Waals surface area contributed by atoms with Crippen molar-refractivity contribution in [2.45, 2.75) is 6.18 Å². The average molecular weight is 410 g/mol. The molecule has 0 fully saturated rings. The van der Waals surface area contributed by atoms with Gasteiger partial charge in [0.2, 0.25) is 0 Å². The Morgan fingerprint density at radius 1 is 0.818 bits per heavy atom. The van der Waals surface area contributed by atoms with Crippen molar-refractivity contribution in [3.05, 3.63) is 42.9 Å². The Morgan fingerprint density at radius 3 is 1.73 bits per heavy atom. The van der Waals surface area contributed by atoms with Crippen LogP contribution in [-0.4, -0.2) is 4.98 Å². The minimum atomic E-state index is -4.78. The van der Waals surface area contributed by atoms with Crippen LogP contribution in [0.4, 0.5) is 19.0 Å². The van der Waals surface area contributed by atoms with Gasteiger partial charge in [0.15, 0.2) is 5.69 Å². The molecule has 2 rings (SSSR count). The zero-order chi connectivity index (χ0) is 16.8. The fourth-order valence-electron chi connectivity index (χ4n) is 1.73. The third-order valence-electron chi connectivity index (χ3n) is 2.66. The number of alkyl halides is 3. The van der Waals surface area contributed by atoms with Crippen LogP contribution in [0.3, 0.4) is 0 Å². The summed E-state index contributed by atoms with van der Waals surface area (Å²) in [6.45, 7) is 0. The maximum atomic E-state index is 13.2. The molecule has 0 atom stereocenters. The molecular formula is C12H4Cl5F3N2. The van der Waals surface area contributed by atoms with Gasteiger partial charge in [0, 0.05) is 11.1 Å². The summed E-state index contributed by atoms with van der Waals surface area (Å²) in [5, 5.41) is -1.11. The summed E-state index contributed by atoms with van der Waals surface area (Å²) in [7, 11) is 0. The van der Waals surface area contributed by atoms with Crippen molar-refractivity contribution in [3.63, 3.8) is 0 Å². The monoisotopic (exact) mass is 408 g/mol. The second kappa shape index (κ2) is 6.13. The van der Waals surface area contributed by atoms with E-state index >= 15 is 0 Å². The SMILES string of the molecule is Nc1ccc(-c2c(Cl)c(Cl)c(Cl)c(Cl)c2Cl)c(C(F)(F)F)n1. The maximum absolute atomic E-state index is 13.2. The molecule has 0 amide bonds. The summed E-state index contributed by atoms with van der Waals surface area (Å²) in [4.78, 5) is 3.30. The van der Waals surface area contributed by atoms with Crippen molar-refractivity contribution in [1.29, 1.82) is 0 Å². The normalized spacial score (nSPS) is 11.8. The summed E-state index contributed by atoms with van der Waals surface area (Å²) < 4.78 is 39.5. The third kappa shape index (κ3) is 3.05. The van der Waals surface area contributed by atoms with Gasteiger partial charge in [-0.1, -0.05) is 58.0 Å². The molecule has 2 N–H and O–H groups in total. The molecule has 2 nitrogen and oxygen atoms in total. The number of nitrogens with zero attached hydrogens (tertiary/aromatic N) is 1. The smallest absolute Gasteiger partial charge is 0.384 e.